The molecule has 3 amide bonds. The third kappa shape index (κ3) is 3.24. The first-order valence-corrected chi connectivity index (χ1v) is 9.87. The predicted molar refractivity (Wildman–Crippen MR) is 94.2 cm³/mol. The van der Waals surface area contributed by atoms with Gasteiger partial charge in [-0.15, -0.1) is 0 Å². The molecule has 1 aliphatic rings. The quantitative estimate of drug-likeness (QED) is 0.780. The molecule has 2 heterocycles. The van der Waals surface area contributed by atoms with E-state index < -0.39 is 27.3 Å². The molecule has 1 fully saturated rings. The van der Waals surface area contributed by atoms with Crippen molar-refractivity contribution in [1.82, 2.24) is 10.2 Å². The second-order valence-corrected chi connectivity index (χ2v) is 8.59. The first-order chi connectivity index (χ1) is 12.2. The zero-order valence-electron chi connectivity index (χ0n) is 14.6. The molecule has 26 heavy (non-hydrogen) atoms. The normalized spacial score (nSPS) is 20.5. The van der Waals surface area contributed by atoms with Crippen LogP contribution in [0.1, 0.15) is 24.7 Å². The zero-order valence-corrected chi connectivity index (χ0v) is 15.4. The fourth-order valence-corrected chi connectivity index (χ4v) is 4.37. The summed E-state index contributed by atoms with van der Waals surface area (Å²) in [5.41, 5.74) is -0.412. The van der Waals surface area contributed by atoms with Gasteiger partial charge in [-0.1, -0.05) is 12.1 Å². The van der Waals surface area contributed by atoms with Crippen molar-refractivity contribution >= 4 is 21.8 Å². The smallest absolute Gasteiger partial charge is 0.325 e. The van der Waals surface area contributed by atoms with Gasteiger partial charge in [-0.05, 0) is 50.1 Å². The number of hydrogen-bond acceptors (Lipinski definition) is 5. The van der Waals surface area contributed by atoms with Crippen LogP contribution in [0, 0.1) is 6.92 Å². The number of nitrogens with zero attached hydrogens (tertiary/aromatic N) is 1. The second-order valence-electron chi connectivity index (χ2n) is 6.48. The molecule has 2 aromatic rings. The number of amides is 3. The van der Waals surface area contributed by atoms with Crippen LogP contribution in [0.3, 0.4) is 0 Å². The first kappa shape index (κ1) is 18.2. The Kier molecular flexibility index (Phi) is 4.62. The van der Waals surface area contributed by atoms with Crippen LogP contribution < -0.4 is 5.32 Å². The highest BCUT2D eigenvalue weighted by Gasteiger charge is 2.50. The molecule has 0 saturated carbocycles. The van der Waals surface area contributed by atoms with Crippen molar-refractivity contribution < 1.29 is 22.4 Å². The fraction of sp³-hybridized carbons (Fsp3) is 0.333. The summed E-state index contributed by atoms with van der Waals surface area (Å²) in [4.78, 5) is 26.1. The Labute approximate surface area is 151 Å². The summed E-state index contributed by atoms with van der Waals surface area (Å²) in [6.07, 6.45) is 1.58. The van der Waals surface area contributed by atoms with Crippen LogP contribution >= 0.6 is 0 Å². The van der Waals surface area contributed by atoms with Crippen molar-refractivity contribution in [1.29, 1.82) is 0 Å². The number of urea groups is 1. The number of rotatable bonds is 6. The van der Waals surface area contributed by atoms with E-state index in [1.165, 1.54) is 6.26 Å². The van der Waals surface area contributed by atoms with Gasteiger partial charge in [-0.3, -0.25) is 9.69 Å². The first-order valence-electron chi connectivity index (χ1n) is 8.21. The lowest BCUT2D eigenvalue weighted by Crippen LogP contribution is -2.40. The zero-order chi connectivity index (χ0) is 18.9. The van der Waals surface area contributed by atoms with E-state index in [2.05, 4.69) is 5.32 Å². The van der Waals surface area contributed by atoms with E-state index in [-0.39, 0.29) is 23.6 Å². The number of carbonyl (C=O) groups is 2. The number of sulfone groups is 1. The van der Waals surface area contributed by atoms with Crippen LogP contribution in [0.15, 0.2) is 52.0 Å². The van der Waals surface area contributed by atoms with Crippen LogP contribution in [-0.4, -0.2) is 37.6 Å². The lowest BCUT2D eigenvalue weighted by molar-refractivity contribution is -0.131. The molecule has 1 unspecified atom stereocenters. The summed E-state index contributed by atoms with van der Waals surface area (Å²) in [6, 6.07) is 9.36. The summed E-state index contributed by atoms with van der Waals surface area (Å²) < 4.78 is 30.1. The van der Waals surface area contributed by atoms with Crippen molar-refractivity contribution in [3.05, 3.63) is 54.0 Å². The minimum atomic E-state index is -3.47. The van der Waals surface area contributed by atoms with Gasteiger partial charge < -0.3 is 9.73 Å². The van der Waals surface area contributed by atoms with Gasteiger partial charge in [0.1, 0.15) is 5.76 Å². The minimum absolute atomic E-state index is 0.0199. The molecule has 0 bridgehead atoms. The summed E-state index contributed by atoms with van der Waals surface area (Å²) in [5.74, 6) is -0.263. The maximum absolute atomic E-state index is 12.6. The molecule has 1 aliphatic heterocycles. The van der Waals surface area contributed by atoms with Crippen LogP contribution in [0.2, 0.25) is 0 Å². The summed E-state index contributed by atoms with van der Waals surface area (Å²) in [6.45, 7) is 3.41. The van der Waals surface area contributed by atoms with Gasteiger partial charge in [0.2, 0.25) is 0 Å². The molecule has 138 valence electrons. The third-order valence-corrected chi connectivity index (χ3v) is 6.23. The van der Waals surface area contributed by atoms with Gasteiger partial charge in [0.05, 0.1) is 16.9 Å². The van der Waals surface area contributed by atoms with Crippen molar-refractivity contribution in [2.45, 2.75) is 30.7 Å². The number of carbonyl (C=O) groups excluding carboxylic acids is 2. The van der Waals surface area contributed by atoms with Crippen molar-refractivity contribution in [2.24, 2.45) is 0 Å². The molecule has 0 aliphatic carbocycles. The van der Waals surface area contributed by atoms with Gasteiger partial charge in [-0.25, -0.2) is 13.2 Å². The molecule has 1 aromatic heterocycles. The SMILES string of the molecule is Cc1cccc(S(=O)(=O)CCCN2C(=O)NC(C)(c3ccco3)C2=O)c1. The van der Waals surface area contributed by atoms with E-state index in [1.54, 1.807) is 37.3 Å². The van der Waals surface area contributed by atoms with Crippen molar-refractivity contribution in [3.8, 4) is 0 Å². The predicted octanol–water partition coefficient (Wildman–Crippen LogP) is 2.22. The molecule has 0 spiro atoms. The van der Waals surface area contributed by atoms with Gasteiger partial charge in [-0.2, -0.15) is 0 Å². The molecule has 8 heteroatoms. The average Bonchev–Trinajstić information content (AvgIpc) is 3.19. The minimum Gasteiger partial charge on any atom is -0.466 e. The van der Waals surface area contributed by atoms with E-state index >= 15 is 0 Å². The molecule has 0 radical (unpaired) electrons. The standard InChI is InChI=1S/C18H20N2O5S/c1-13-6-3-7-14(12-13)26(23,24)11-5-9-20-16(21)18(2,19-17(20)22)15-8-4-10-25-15/h3-4,6-8,10,12H,5,9,11H2,1-2H3,(H,19,22). The number of benzene rings is 1. The maximum Gasteiger partial charge on any atom is 0.325 e. The van der Waals surface area contributed by atoms with E-state index in [4.69, 9.17) is 4.42 Å². The highest BCUT2D eigenvalue weighted by molar-refractivity contribution is 7.91. The second kappa shape index (κ2) is 6.60. The van der Waals surface area contributed by atoms with Gasteiger partial charge >= 0.3 is 6.03 Å². The number of imide groups is 1. The van der Waals surface area contributed by atoms with Crippen LogP contribution in [-0.2, 0) is 20.2 Å². The molecule has 1 atom stereocenters. The van der Waals surface area contributed by atoms with E-state index in [1.807, 2.05) is 13.0 Å². The van der Waals surface area contributed by atoms with E-state index in [0.717, 1.165) is 10.5 Å². The Morgan fingerprint density at radius 2 is 1.96 bits per heavy atom. The summed E-state index contributed by atoms with van der Waals surface area (Å²) in [5, 5.41) is 2.61. The number of furan rings is 1. The van der Waals surface area contributed by atoms with Crippen LogP contribution in [0.5, 0.6) is 0 Å². The molecule has 1 saturated heterocycles. The lowest BCUT2D eigenvalue weighted by atomic mass is 9.99. The largest absolute Gasteiger partial charge is 0.466 e. The van der Waals surface area contributed by atoms with E-state index in [0.29, 0.717) is 5.76 Å². The van der Waals surface area contributed by atoms with E-state index in [9.17, 15) is 18.0 Å². The third-order valence-electron chi connectivity index (χ3n) is 4.43. The lowest BCUT2D eigenvalue weighted by Gasteiger charge is -2.19. The fourth-order valence-electron chi connectivity index (χ4n) is 2.97. The Balaban J connectivity index is 1.67. The molecular formula is C18H20N2O5S. The van der Waals surface area contributed by atoms with Gasteiger partial charge in [0, 0.05) is 6.54 Å². The number of nitrogens with one attached hydrogen (secondary N) is 1. The summed E-state index contributed by atoms with van der Waals surface area (Å²) in [7, 11) is -3.47. The highest BCUT2D eigenvalue weighted by Crippen LogP contribution is 2.29. The maximum atomic E-state index is 12.6. The topological polar surface area (TPSA) is 96.7 Å². The Hall–Kier alpha value is -2.61. The monoisotopic (exact) mass is 376 g/mol. The average molecular weight is 376 g/mol. The Morgan fingerprint density at radius 1 is 1.19 bits per heavy atom. The molecule has 7 nitrogen and oxygen atoms in total. The number of aryl methyl sites for hydroxylation is 1. The molecular weight excluding hydrogens is 356 g/mol. The molecule has 1 N–H and O–H groups in total. The van der Waals surface area contributed by atoms with Gasteiger partial charge in [0.25, 0.3) is 5.91 Å². The van der Waals surface area contributed by atoms with Crippen LogP contribution in [0.4, 0.5) is 4.79 Å². The summed E-state index contributed by atoms with van der Waals surface area (Å²) >= 11 is 0. The molecule has 3 rings (SSSR count). The Morgan fingerprint density at radius 3 is 2.62 bits per heavy atom. The van der Waals surface area contributed by atoms with Crippen molar-refractivity contribution in [2.75, 3.05) is 12.3 Å². The Bertz CT molecular complexity index is 936. The van der Waals surface area contributed by atoms with Gasteiger partial charge in [0.15, 0.2) is 15.4 Å². The van der Waals surface area contributed by atoms with Crippen LogP contribution in [0.25, 0.3) is 0 Å². The van der Waals surface area contributed by atoms with Crippen molar-refractivity contribution in [3.63, 3.8) is 0 Å². The highest BCUT2D eigenvalue weighted by atomic mass is 32.2. The molecule has 1 aromatic carbocycles. The number of hydrogen-bond donors (Lipinski definition) is 1.